The normalized spacial score (nSPS) is 17.3. The van der Waals surface area contributed by atoms with Crippen LogP contribution in [0.5, 0.6) is 5.75 Å². The van der Waals surface area contributed by atoms with Gasteiger partial charge in [-0.1, -0.05) is 67.4 Å². The first-order chi connectivity index (χ1) is 20.4. The minimum absolute atomic E-state index is 0.00294. The minimum Gasteiger partial charge on any atom is -0.507 e. The number of nitrogens with zero attached hydrogens (tertiary/aromatic N) is 2. The number of hydrogen-bond acceptors (Lipinski definition) is 4. The second-order valence-electron chi connectivity index (χ2n) is 12.5. The molecule has 1 unspecified atom stereocenters. The average molecular weight is 566 g/mol. The van der Waals surface area contributed by atoms with E-state index >= 15 is 0 Å². The Hall–Kier alpha value is -3.61. The predicted molar refractivity (Wildman–Crippen MR) is 168 cm³/mol. The second kappa shape index (κ2) is 11.9. The Labute approximate surface area is 249 Å². The number of benzene rings is 3. The van der Waals surface area contributed by atoms with Gasteiger partial charge in [-0.05, 0) is 80.0 Å². The fourth-order valence-corrected chi connectivity index (χ4v) is 7.39. The lowest BCUT2D eigenvalue weighted by Crippen LogP contribution is -2.37. The van der Waals surface area contributed by atoms with Crippen LogP contribution in [-0.2, 0) is 24.3 Å². The fourth-order valence-electron chi connectivity index (χ4n) is 7.39. The Morgan fingerprint density at radius 1 is 1.02 bits per heavy atom. The first-order valence-corrected chi connectivity index (χ1v) is 15.4. The number of phenolic OH excluding ortho intramolecular Hbond substituents is 1. The lowest BCUT2D eigenvalue weighted by molar-refractivity contribution is -0.124. The van der Waals surface area contributed by atoms with Crippen LogP contribution < -0.4 is 5.32 Å². The highest BCUT2D eigenvalue weighted by atomic mass is 16.3. The van der Waals surface area contributed by atoms with Gasteiger partial charge in [-0.3, -0.25) is 4.79 Å². The molecule has 0 radical (unpaired) electrons. The molecule has 220 valence electrons. The quantitative estimate of drug-likeness (QED) is 0.240. The van der Waals surface area contributed by atoms with Crippen molar-refractivity contribution in [2.24, 2.45) is 5.92 Å². The van der Waals surface area contributed by atoms with Crippen molar-refractivity contribution >= 4 is 16.8 Å². The first kappa shape index (κ1) is 28.5. The minimum atomic E-state index is -0.417. The van der Waals surface area contributed by atoms with Gasteiger partial charge in [-0.25, -0.2) is 0 Å². The molecule has 0 bridgehead atoms. The highest BCUT2D eigenvalue weighted by Gasteiger charge is 2.33. The monoisotopic (exact) mass is 565 g/mol. The molecule has 3 N–H and O–H groups in total. The van der Waals surface area contributed by atoms with Crippen molar-refractivity contribution in [2.75, 3.05) is 20.2 Å². The summed E-state index contributed by atoms with van der Waals surface area (Å²) in [6, 6.07) is 20.1. The van der Waals surface area contributed by atoms with Gasteiger partial charge in [0.15, 0.2) is 0 Å². The van der Waals surface area contributed by atoms with Gasteiger partial charge in [0.25, 0.3) is 0 Å². The van der Waals surface area contributed by atoms with Crippen LogP contribution in [-0.4, -0.2) is 45.8 Å². The SMILES string of the molecule is Cc1cc2c(c(C)c1O)c1c(n2Cc2ccc(C(C(=O)N[C@@H](CO)c3ccccc3)C3CCCC3)cc2)CN(C)CC1. The van der Waals surface area contributed by atoms with Crippen molar-refractivity contribution in [1.82, 2.24) is 14.8 Å². The molecule has 1 aliphatic carbocycles. The number of amides is 1. The summed E-state index contributed by atoms with van der Waals surface area (Å²) in [7, 11) is 2.17. The number of aliphatic hydroxyl groups is 1. The maximum atomic E-state index is 13.8. The van der Waals surface area contributed by atoms with Crippen LogP contribution in [0.4, 0.5) is 0 Å². The Kier molecular flexibility index (Phi) is 8.11. The number of carbonyl (C=O) groups excluding carboxylic acids is 1. The number of aliphatic hydroxyl groups excluding tert-OH is 1. The zero-order chi connectivity index (χ0) is 29.4. The van der Waals surface area contributed by atoms with Crippen molar-refractivity contribution in [3.8, 4) is 5.75 Å². The van der Waals surface area contributed by atoms with Gasteiger partial charge in [0.1, 0.15) is 5.75 Å². The van der Waals surface area contributed by atoms with Gasteiger partial charge in [0, 0.05) is 41.8 Å². The first-order valence-electron chi connectivity index (χ1n) is 15.4. The smallest absolute Gasteiger partial charge is 0.228 e. The van der Waals surface area contributed by atoms with E-state index in [0.717, 1.165) is 74.0 Å². The summed E-state index contributed by atoms with van der Waals surface area (Å²) in [6.45, 7) is 6.53. The summed E-state index contributed by atoms with van der Waals surface area (Å²) in [5, 5.41) is 25.2. The van der Waals surface area contributed by atoms with Crippen LogP contribution in [0, 0.1) is 19.8 Å². The third-order valence-electron chi connectivity index (χ3n) is 9.68. The van der Waals surface area contributed by atoms with Crippen LogP contribution in [0.15, 0.2) is 60.7 Å². The molecule has 1 fully saturated rings. The number of aryl methyl sites for hydroxylation is 2. The Morgan fingerprint density at radius 3 is 2.43 bits per heavy atom. The number of aromatic hydroxyl groups is 1. The predicted octanol–water partition coefficient (Wildman–Crippen LogP) is 6.12. The average Bonchev–Trinajstić information content (AvgIpc) is 3.63. The summed E-state index contributed by atoms with van der Waals surface area (Å²) < 4.78 is 2.43. The van der Waals surface area contributed by atoms with E-state index in [9.17, 15) is 15.0 Å². The Balaban J connectivity index is 1.30. The maximum Gasteiger partial charge on any atom is 0.228 e. The summed E-state index contributed by atoms with van der Waals surface area (Å²) >= 11 is 0. The summed E-state index contributed by atoms with van der Waals surface area (Å²) in [6.07, 6.45) is 5.39. The molecule has 1 amide bonds. The standard InChI is InChI=1S/C36H43N3O3/c1-23-19-31-33(24(2)35(23)41)29-17-18-38(3)21-32(29)39(31)20-25-13-15-28(16-14-25)34(27-11-7-8-12-27)36(42)37-30(22-40)26-9-5-4-6-10-26/h4-6,9-10,13-16,19,27,30,34,40-41H,7-8,11-12,17-18,20-22H2,1-3H3,(H,37,42)/t30-,34?/m0/s1. The number of carbonyl (C=O) groups is 1. The lowest BCUT2D eigenvalue weighted by Gasteiger charge is -2.26. The molecule has 4 aromatic rings. The van der Waals surface area contributed by atoms with Crippen LogP contribution in [0.2, 0.25) is 0 Å². The van der Waals surface area contributed by atoms with Gasteiger partial charge < -0.3 is 25.0 Å². The molecule has 2 heterocycles. The molecule has 6 heteroatoms. The number of hydrogen-bond donors (Lipinski definition) is 3. The van der Waals surface area contributed by atoms with Gasteiger partial charge in [0.2, 0.25) is 5.91 Å². The van der Waals surface area contributed by atoms with E-state index in [4.69, 9.17) is 0 Å². The zero-order valence-corrected chi connectivity index (χ0v) is 25.1. The van der Waals surface area contributed by atoms with Crippen LogP contribution >= 0.6 is 0 Å². The summed E-state index contributed by atoms with van der Waals surface area (Å²) in [4.78, 5) is 16.2. The van der Waals surface area contributed by atoms with Crippen molar-refractivity contribution in [3.05, 3.63) is 99.7 Å². The number of phenols is 1. The molecule has 3 aromatic carbocycles. The zero-order valence-electron chi connectivity index (χ0n) is 25.1. The molecule has 1 saturated carbocycles. The molecule has 0 spiro atoms. The van der Waals surface area contributed by atoms with Gasteiger partial charge in [-0.2, -0.15) is 0 Å². The summed E-state index contributed by atoms with van der Waals surface area (Å²) in [5.41, 5.74) is 8.91. The molecule has 6 rings (SSSR count). The van der Waals surface area contributed by atoms with E-state index < -0.39 is 6.04 Å². The van der Waals surface area contributed by atoms with Crippen molar-refractivity contribution < 1.29 is 15.0 Å². The van der Waals surface area contributed by atoms with Crippen LogP contribution in [0.25, 0.3) is 10.9 Å². The van der Waals surface area contributed by atoms with E-state index in [-0.39, 0.29) is 18.4 Å². The fraction of sp³-hybridized carbons (Fsp3) is 0.417. The largest absolute Gasteiger partial charge is 0.507 e. The van der Waals surface area contributed by atoms with Gasteiger partial charge in [-0.15, -0.1) is 0 Å². The molecule has 0 saturated heterocycles. The molecule has 1 aliphatic heterocycles. The van der Waals surface area contributed by atoms with Crippen molar-refractivity contribution in [2.45, 2.75) is 71.0 Å². The highest BCUT2D eigenvalue weighted by Crippen LogP contribution is 2.40. The van der Waals surface area contributed by atoms with E-state index in [1.807, 2.05) is 44.2 Å². The topological polar surface area (TPSA) is 77.7 Å². The van der Waals surface area contributed by atoms with E-state index in [1.165, 1.54) is 27.7 Å². The molecule has 6 nitrogen and oxygen atoms in total. The number of rotatable bonds is 8. The lowest BCUT2D eigenvalue weighted by atomic mass is 9.83. The molecular weight excluding hydrogens is 522 g/mol. The maximum absolute atomic E-state index is 13.8. The van der Waals surface area contributed by atoms with E-state index in [2.05, 4.69) is 52.2 Å². The number of aromatic nitrogens is 1. The number of likely N-dealkylation sites (N-methyl/N-ethyl adjacent to an activating group) is 1. The molecule has 42 heavy (non-hydrogen) atoms. The Bertz CT molecular complexity index is 1570. The van der Waals surface area contributed by atoms with Crippen LogP contribution in [0.3, 0.4) is 0 Å². The van der Waals surface area contributed by atoms with Crippen LogP contribution in [0.1, 0.15) is 76.7 Å². The molecular formula is C36H43N3O3. The van der Waals surface area contributed by atoms with Gasteiger partial charge >= 0.3 is 0 Å². The van der Waals surface area contributed by atoms with E-state index in [1.54, 1.807) is 0 Å². The summed E-state index contributed by atoms with van der Waals surface area (Å²) in [5.74, 6) is 0.469. The third-order valence-corrected chi connectivity index (χ3v) is 9.68. The van der Waals surface area contributed by atoms with Gasteiger partial charge in [0.05, 0.1) is 18.6 Å². The number of fused-ring (bicyclic) bond motifs is 3. The number of nitrogens with one attached hydrogen (secondary N) is 1. The molecule has 1 aromatic heterocycles. The van der Waals surface area contributed by atoms with E-state index in [0.29, 0.717) is 11.7 Å². The molecule has 2 aliphatic rings. The third kappa shape index (κ3) is 5.34. The molecule has 2 atom stereocenters. The second-order valence-corrected chi connectivity index (χ2v) is 12.5. The Morgan fingerprint density at radius 2 is 1.74 bits per heavy atom. The van der Waals surface area contributed by atoms with Crippen molar-refractivity contribution in [3.63, 3.8) is 0 Å². The van der Waals surface area contributed by atoms with Crippen molar-refractivity contribution in [1.29, 1.82) is 0 Å². The highest BCUT2D eigenvalue weighted by molar-refractivity contribution is 5.92.